The molecule has 1 aliphatic rings. The third-order valence-electron chi connectivity index (χ3n) is 4.14. The minimum atomic E-state index is 0.274. The largest absolute Gasteiger partial charge is 0.398 e. The highest BCUT2D eigenvalue weighted by Gasteiger charge is 2.21. The van der Waals surface area contributed by atoms with E-state index in [2.05, 4.69) is 60.7 Å². The molecule has 1 unspecified atom stereocenters. The van der Waals surface area contributed by atoms with Crippen molar-refractivity contribution in [2.24, 2.45) is 0 Å². The van der Waals surface area contributed by atoms with Crippen molar-refractivity contribution in [3.05, 3.63) is 83.4 Å². The maximum absolute atomic E-state index is 6.42. The smallest absolute Gasteiger partial charge is 0.0435 e. The Labute approximate surface area is 118 Å². The number of allylic oxidation sites excluding steroid dienone is 1. The summed E-state index contributed by atoms with van der Waals surface area (Å²) >= 11 is 0. The van der Waals surface area contributed by atoms with Crippen molar-refractivity contribution >= 4 is 22.5 Å². The Morgan fingerprint density at radius 2 is 1.55 bits per heavy atom. The van der Waals surface area contributed by atoms with Gasteiger partial charge in [0.15, 0.2) is 0 Å². The number of anilines is 1. The van der Waals surface area contributed by atoms with Crippen molar-refractivity contribution in [1.82, 2.24) is 0 Å². The highest BCUT2D eigenvalue weighted by atomic mass is 14.6. The van der Waals surface area contributed by atoms with E-state index in [4.69, 9.17) is 5.73 Å². The first-order valence-corrected chi connectivity index (χ1v) is 6.89. The van der Waals surface area contributed by atoms with E-state index >= 15 is 0 Å². The van der Waals surface area contributed by atoms with Crippen LogP contribution in [0.3, 0.4) is 0 Å². The van der Waals surface area contributed by atoms with E-state index in [-0.39, 0.29) is 5.92 Å². The van der Waals surface area contributed by atoms with Gasteiger partial charge in [0.2, 0.25) is 0 Å². The Morgan fingerprint density at radius 1 is 0.750 bits per heavy atom. The zero-order valence-electron chi connectivity index (χ0n) is 11.1. The van der Waals surface area contributed by atoms with Gasteiger partial charge in [-0.1, -0.05) is 72.8 Å². The molecule has 1 aliphatic carbocycles. The lowest BCUT2D eigenvalue weighted by atomic mass is 9.90. The summed E-state index contributed by atoms with van der Waals surface area (Å²) in [6.07, 6.45) is 4.43. The fourth-order valence-electron chi connectivity index (χ4n) is 3.10. The molecule has 1 nitrogen and oxygen atoms in total. The SMILES string of the molecule is Nc1c(C2C=Cc3ccccc32)ccc2ccccc12. The molecule has 0 saturated heterocycles. The Balaban J connectivity index is 1.92. The second-order valence-electron chi connectivity index (χ2n) is 5.26. The third kappa shape index (κ3) is 1.56. The second kappa shape index (κ2) is 4.24. The molecule has 0 aromatic heterocycles. The van der Waals surface area contributed by atoms with Crippen LogP contribution in [0.5, 0.6) is 0 Å². The maximum atomic E-state index is 6.42. The summed E-state index contributed by atoms with van der Waals surface area (Å²) in [5, 5.41) is 2.34. The molecule has 3 aromatic carbocycles. The molecule has 0 aliphatic heterocycles. The zero-order valence-corrected chi connectivity index (χ0v) is 11.1. The van der Waals surface area contributed by atoms with Gasteiger partial charge >= 0.3 is 0 Å². The van der Waals surface area contributed by atoms with E-state index in [1.54, 1.807) is 0 Å². The van der Waals surface area contributed by atoms with Gasteiger partial charge in [0.05, 0.1) is 0 Å². The van der Waals surface area contributed by atoms with Crippen LogP contribution in [0.4, 0.5) is 5.69 Å². The molecule has 0 amide bonds. The summed E-state index contributed by atoms with van der Waals surface area (Å²) in [7, 11) is 0. The molecule has 4 rings (SSSR count). The van der Waals surface area contributed by atoms with Gasteiger partial charge in [-0.05, 0) is 22.1 Å². The van der Waals surface area contributed by atoms with Gasteiger partial charge in [-0.15, -0.1) is 0 Å². The molecule has 0 heterocycles. The molecular weight excluding hydrogens is 242 g/mol. The van der Waals surface area contributed by atoms with E-state index in [1.807, 2.05) is 12.1 Å². The van der Waals surface area contributed by atoms with E-state index in [0.717, 1.165) is 11.1 Å². The van der Waals surface area contributed by atoms with E-state index in [9.17, 15) is 0 Å². The van der Waals surface area contributed by atoms with Crippen LogP contribution in [0.15, 0.2) is 66.7 Å². The number of rotatable bonds is 1. The summed E-state index contributed by atoms with van der Waals surface area (Å²) < 4.78 is 0. The number of fused-ring (bicyclic) bond motifs is 2. The van der Waals surface area contributed by atoms with Crippen molar-refractivity contribution in [3.8, 4) is 0 Å². The highest BCUT2D eigenvalue weighted by Crippen LogP contribution is 2.39. The fraction of sp³-hybridized carbons (Fsp3) is 0.0526. The molecular formula is C19H15N. The molecule has 0 radical (unpaired) electrons. The van der Waals surface area contributed by atoms with Crippen molar-refractivity contribution in [2.45, 2.75) is 5.92 Å². The van der Waals surface area contributed by atoms with E-state index < -0.39 is 0 Å². The summed E-state index contributed by atoms with van der Waals surface area (Å²) in [6, 6.07) is 21.1. The number of benzene rings is 3. The van der Waals surface area contributed by atoms with Crippen molar-refractivity contribution in [3.63, 3.8) is 0 Å². The summed E-state index contributed by atoms with van der Waals surface area (Å²) in [6.45, 7) is 0. The van der Waals surface area contributed by atoms with Crippen molar-refractivity contribution < 1.29 is 0 Å². The van der Waals surface area contributed by atoms with Crippen LogP contribution in [0.2, 0.25) is 0 Å². The maximum Gasteiger partial charge on any atom is 0.0435 e. The van der Waals surface area contributed by atoms with Gasteiger partial charge in [0.25, 0.3) is 0 Å². The molecule has 0 saturated carbocycles. The van der Waals surface area contributed by atoms with Crippen LogP contribution in [-0.2, 0) is 0 Å². The van der Waals surface area contributed by atoms with Gasteiger partial charge in [0, 0.05) is 17.0 Å². The van der Waals surface area contributed by atoms with Crippen LogP contribution in [-0.4, -0.2) is 0 Å². The first kappa shape index (κ1) is 11.3. The Morgan fingerprint density at radius 3 is 2.50 bits per heavy atom. The predicted molar refractivity (Wildman–Crippen MR) is 85.7 cm³/mol. The standard InChI is InChI=1S/C19H15N/c20-19-16-8-4-2-6-14(16)10-12-18(19)17-11-9-13-5-1-3-7-15(13)17/h1-12,17H,20H2. The minimum absolute atomic E-state index is 0.274. The molecule has 0 fully saturated rings. The average molecular weight is 257 g/mol. The zero-order chi connectivity index (χ0) is 13.5. The summed E-state index contributed by atoms with van der Waals surface area (Å²) in [5.74, 6) is 0.274. The van der Waals surface area contributed by atoms with Crippen molar-refractivity contribution in [2.75, 3.05) is 5.73 Å². The van der Waals surface area contributed by atoms with Gasteiger partial charge < -0.3 is 5.73 Å². The Hall–Kier alpha value is -2.54. The van der Waals surface area contributed by atoms with Crippen LogP contribution >= 0.6 is 0 Å². The predicted octanol–water partition coefficient (Wildman–Crippen LogP) is 4.58. The molecule has 1 atom stereocenters. The molecule has 2 N–H and O–H groups in total. The van der Waals surface area contributed by atoms with Gasteiger partial charge in [-0.3, -0.25) is 0 Å². The van der Waals surface area contributed by atoms with E-state index in [0.29, 0.717) is 0 Å². The molecule has 96 valence electrons. The van der Waals surface area contributed by atoms with Gasteiger partial charge in [-0.2, -0.15) is 0 Å². The van der Waals surface area contributed by atoms with Crippen molar-refractivity contribution in [1.29, 1.82) is 0 Å². The summed E-state index contributed by atoms with van der Waals surface area (Å²) in [4.78, 5) is 0. The minimum Gasteiger partial charge on any atom is -0.398 e. The number of nitrogen functional groups attached to an aromatic ring is 1. The topological polar surface area (TPSA) is 26.0 Å². The fourth-order valence-corrected chi connectivity index (χ4v) is 3.10. The molecule has 0 bridgehead atoms. The van der Waals surface area contributed by atoms with Gasteiger partial charge in [-0.25, -0.2) is 0 Å². The third-order valence-corrected chi connectivity index (χ3v) is 4.14. The summed E-state index contributed by atoms with van der Waals surface area (Å²) in [5.41, 5.74) is 11.2. The number of hydrogen-bond donors (Lipinski definition) is 1. The molecule has 20 heavy (non-hydrogen) atoms. The molecule has 1 heteroatoms. The van der Waals surface area contributed by atoms with Crippen LogP contribution in [0.25, 0.3) is 16.8 Å². The Bertz CT molecular complexity index is 830. The first-order valence-electron chi connectivity index (χ1n) is 6.89. The number of nitrogens with two attached hydrogens (primary N) is 1. The lowest BCUT2D eigenvalue weighted by molar-refractivity contribution is 1.06. The first-order chi connectivity index (χ1) is 9.84. The lowest BCUT2D eigenvalue weighted by Crippen LogP contribution is -2.01. The van der Waals surface area contributed by atoms with Crippen LogP contribution in [0.1, 0.15) is 22.6 Å². The lowest BCUT2D eigenvalue weighted by Gasteiger charge is -2.16. The molecule has 0 spiro atoms. The second-order valence-corrected chi connectivity index (χ2v) is 5.26. The quantitative estimate of drug-likeness (QED) is 0.634. The average Bonchev–Trinajstić information content (AvgIpc) is 2.92. The van der Waals surface area contributed by atoms with Crippen LogP contribution < -0.4 is 5.73 Å². The monoisotopic (exact) mass is 257 g/mol. The normalized spacial score (nSPS) is 16.5. The van der Waals surface area contributed by atoms with Gasteiger partial charge in [0.1, 0.15) is 0 Å². The van der Waals surface area contributed by atoms with E-state index in [1.165, 1.54) is 22.1 Å². The highest BCUT2D eigenvalue weighted by molar-refractivity contribution is 5.95. The number of hydrogen-bond acceptors (Lipinski definition) is 1. The molecule has 3 aromatic rings. The Kier molecular flexibility index (Phi) is 2.40. The van der Waals surface area contributed by atoms with Crippen LogP contribution in [0, 0.1) is 0 Å².